The number of benzene rings is 1. The summed E-state index contributed by atoms with van der Waals surface area (Å²) in [5, 5.41) is 5.49. The van der Waals surface area contributed by atoms with E-state index in [0.717, 1.165) is 5.69 Å². The van der Waals surface area contributed by atoms with Crippen molar-refractivity contribution < 1.29 is 4.79 Å². The van der Waals surface area contributed by atoms with Crippen LogP contribution in [0, 0.1) is 0 Å². The number of para-hydroxylation sites is 1. The van der Waals surface area contributed by atoms with Crippen molar-refractivity contribution in [2.45, 2.75) is 17.3 Å². The standard InChI is InChI=1S/C16H15N3O2S2/c1-10(13(20)17-11-6-4-3-5-7-11)23-16-18-14-12(8-9-22-14)15(21)19(16)2/h3-10H,1-2H3,(H,17,20). The summed E-state index contributed by atoms with van der Waals surface area (Å²) >= 11 is 2.70. The minimum absolute atomic E-state index is 0.0885. The van der Waals surface area contributed by atoms with Crippen molar-refractivity contribution in [2.75, 3.05) is 5.32 Å². The van der Waals surface area contributed by atoms with Crippen molar-refractivity contribution in [3.05, 3.63) is 52.1 Å². The van der Waals surface area contributed by atoms with Gasteiger partial charge in [0.2, 0.25) is 5.91 Å². The van der Waals surface area contributed by atoms with Gasteiger partial charge in [0, 0.05) is 12.7 Å². The van der Waals surface area contributed by atoms with Crippen LogP contribution in [0.3, 0.4) is 0 Å². The van der Waals surface area contributed by atoms with Gasteiger partial charge in [-0.2, -0.15) is 0 Å². The molecule has 1 N–H and O–H groups in total. The van der Waals surface area contributed by atoms with Crippen LogP contribution >= 0.6 is 23.1 Å². The molecule has 5 nitrogen and oxygen atoms in total. The number of aromatic nitrogens is 2. The van der Waals surface area contributed by atoms with E-state index in [9.17, 15) is 9.59 Å². The monoisotopic (exact) mass is 345 g/mol. The van der Waals surface area contributed by atoms with E-state index < -0.39 is 0 Å². The molecule has 118 valence electrons. The van der Waals surface area contributed by atoms with Crippen LogP contribution in [0.5, 0.6) is 0 Å². The van der Waals surface area contributed by atoms with Gasteiger partial charge >= 0.3 is 0 Å². The first-order valence-electron chi connectivity index (χ1n) is 7.03. The van der Waals surface area contributed by atoms with Gasteiger partial charge in [-0.25, -0.2) is 4.98 Å². The number of hydrogen-bond acceptors (Lipinski definition) is 5. The number of thioether (sulfide) groups is 1. The first-order chi connectivity index (χ1) is 11.1. The third-order valence-electron chi connectivity index (χ3n) is 3.36. The highest BCUT2D eigenvalue weighted by atomic mass is 32.2. The SMILES string of the molecule is CC(Sc1nc2sccc2c(=O)n1C)C(=O)Nc1ccccc1. The first kappa shape index (κ1) is 15.8. The van der Waals surface area contributed by atoms with Crippen molar-refractivity contribution in [3.63, 3.8) is 0 Å². The second kappa shape index (κ2) is 6.55. The maximum absolute atomic E-state index is 12.3. The molecule has 1 unspecified atom stereocenters. The highest BCUT2D eigenvalue weighted by Gasteiger charge is 2.18. The van der Waals surface area contributed by atoms with Crippen molar-refractivity contribution in [3.8, 4) is 0 Å². The Kier molecular flexibility index (Phi) is 4.49. The molecule has 0 spiro atoms. The van der Waals surface area contributed by atoms with Gasteiger partial charge in [0.25, 0.3) is 5.56 Å². The molecule has 3 aromatic rings. The Morgan fingerprint density at radius 3 is 2.78 bits per heavy atom. The molecule has 0 saturated carbocycles. The fourth-order valence-electron chi connectivity index (χ4n) is 2.06. The maximum atomic E-state index is 12.3. The lowest BCUT2D eigenvalue weighted by atomic mass is 10.3. The van der Waals surface area contributed by atoms with Gasteiger partial charge in [-0.15, -0.1) is 11.3 Å². The smallest absolute Gasteiger partial charge is 0.262 e. The predicted molar refractivity (Wildman–Crippen MR) is 95.3 cm³/mol. The zero-order valence-corrected chi connectivity index (χ0v) is 14.3. The lowest BCUT2D eigenvalue weighted by Crippen LogP contribution is -2.25. The Hall–Kier alpha value is -2.12. The van der Waals surface area contributed by atoms with E-state index in [2.05, 4.69) is 10.3 Å². The third-order valence-corrected chi connectivity index (χ3v) is 5.31. The fraction of sp³-hybridized carbons (Fsp3) is 0.188. The van der Waals surface area contributed by atoms with Gasteiger partial charge in [0.05, 0.1) is 10.6 Å². The second-order valence-electron chi connectivity index (χ2n) is 5.01. The van der Waals surface area contributed by atoms with Crippen LogP contribution in [-0.4, -0.2) is 20.7 Å². The Balaban J connectivity index is 1.80. The normalized spacial score (nSPS) is 12.3. The summed E-state index contributed by atoms with van der Waals surface area (Å²) in [5.41, 5.74) is 0.662. The molecular weight excluding hydrogens is 330 g/mol. The number of hydrogen-bond donors (Lipinski definition) is 1. The summed E-state index contributed by atoms with van der Waals surface area (Å²) in [6.07, 6.45) is 0. The molecule has 0 aliphatic heterocycles. The van der Waals surface area contributed by atoms with Crippen LogP contribution in [-0.2, 0) is 11.8 Å². The fourth-order valence-corrected chi connectivity index (χ4v) is 3.74. The van der Waals surface area contributed by atoms with E-state index in [1.165, 1.54) is 27.7 Å². The van der Waals surface area contributed by atoms with Gasteiger partial charge in [-0.05, 0) is 30.5 Å². The summed E-state index contributed by atoms with van der Waals surface area (Å²) in [4.78, 5) is 29.7. The van der Waals surface area contributed by atoms with E-state index in [1.54, 1.807) is 20.0 Å². The Bertz CT molecular complexity index is 903. The zero-order valence-electron chi connectivity index (χ0n) is 12.6. The molecule has 0 fully saturated rings. The number of carbonyl (C=O) groups is 1. The number of thiophene rings is 1. The average Bonchev–Trinajstić information content (AvgIpc) is 3.01. The van der Waals surface area contributed by atoms with Crippen LogP contribution in [0.4, 0.5) is 5.69 Å². The molecule has 0 saturated heterocycles. The summed E-state index contributed by atoms with van der Waals surface area (Å²) in [7, 11) is 1.68. The molecule has 0 bridgehead atoms. The minimum Gasteiger partial charge on any atom is -0.325 e. The van der Waals surface area contributed by atoms with Gasteiger partial charge in [0.1, 0.15) is 4.83 Å². The number of nitrogens with zero attached hydrogens (tertiary/aromatic N) is 2. The Morgan fingerprint density at radius 1 is 1.30 bits per heavy atom. The van der Waals surface area contributed by atoms with E-state index in [-0.39, 0.29) is 16.7 Å². The lowest BCUT2D eigenvalue weighted by Gasteiger charge is -2.13. The number of anilines is 1. The molecule has 1 amide bonds. The van der Waals surface area contributed by atoms with Gasteiger partial charge < -0.3 is 5.32 Å². The molecular formula is C16H15N3O2S2. The molecule has 0 aliphatic rings. The summed E-state index contributed by atoms with van der Waals surface area (Å²) in [6.45, 7) is 1.80. The van der Waals surface area contributed by atoms with Crippen LogP contribution in [0.25, 0.3) is 10.2 Å². The molecule has 1 atom stereocenters. The summed E-state index contributed by atoms with van der Waals surface area (Å²) in [5.74, 6) is -0.123. The predicted octanol–water partition coefficient (Wildman–Crippen LogP) is 3.11. The molecule has 1 aromatic carbocycles. The number of nitrogens with one attached hydrogen (secondary N) is 1. The van der Waals surface area contributed by atoms with Crippen LogP contribution < -0.4 is 10.9 Å². The lowest BCUT2D eigenvalue weighted by molar-refractivity contribution is -0.115. The van der Waals surface area contributed by atoms with Crippen molar-refractivity contribution in [1.82, 2.24) is 9.55 Å². The van der Waals surface area contributed by atoms with Crippen LogP contribution in [0.1, 0.15) is 6.92 Å². The van der Waals surface area contributed by atoms with Gasteiger partial charge in [-0.1, -0.05) is 30.0 Å². The maximum Gasteiger partial charge on any atom is 0.262 e. The number of rotatable bonds is 4. The first-order valence-corrected chi connectivity index (χ1v) is 8.79. The minimum atomic E-state index is -0.370. The van der Waals surface area contributed by atoms with Gasteiger partial charge in [0.15, 0.2) is 5.16 Å². The van der Waals surface area contributed by atoms with Crippen molar-refractivity contribution in [1.29, 1.82) is 0 Å². The highest BCUT2D eigenvalue weighted by Crippen LogP contribution is 2.24. The largest absolute Gasteiger partial charge is 0.325 e. The van der Waals surface area contributed by atoms with E-state index in [4.69, 9.17) is 0 Å². The quantitative estimate of drug-likeness (QED) is 0.583. The Morgan fingerprint density at radius 2 is 2.04 bits per heavy atom. The molecule has 0 radical (unpaired) electrons. The zero-order chi connectivity index (χ0) is 16.4. The molecule has 7 heteroatoms. The highest BCUT2D eigenvalue weighted by molar-refractivity contribution is 8.00. The topological polar surface area (TPSA) is 64.0 Å². The molecule has 0 aliphatic carbocycles. The number of fused-ring (bicyclic) bond motifs is 1. The van der Waals surface area contributed by atoms with Crippen molar-refractivity contribution >= 4 is 44.9 Å². The summed E-state index contributed by atoms with van der Waals surface area (Å²) in [6, 6.07) is 11.1. The molecule has 23 heavy (non-hydrogen) atoms. The third kappa shape index (κ3) is 3.30. The molecule has 3 rings (SSSR count). The van der Waals surface area contributed by atoms with E-state index in [0.29, 0.717) is 15.4 Å². The van der Waals surface area contributed by atoms with Crippen LogP contribution in [0.15, 0.2) is 51.7 Å². The molecule has 2 heterocycles. The van der Waals surface area contributed by atoms with Gasteiger partial charge in [-0.3, -0.25) is 14.2 Å². The number of amides is 1. The molecule has 2 aromatic heterocycles. The van der Waals surface area contributed by atoms with Crippen molar-refractivity contribution in [2.24, 2.45) is 7.05 Å². The van der Waals surface area contributed by atoms with E-state index in [1.807, 2.05) is 35.7 Å². The Labute approximate surface area is 141 Å². The van der Waals surface area contributed by atoms with E-state index >= 15 is 0 Å². The number of carbonyl (C=O) groups excluding carboxylic acids is 1. The summed E-state index contributed by atoms with van der Waals surface area (Å²) < 4.78 is 1.49. The van der Waals surface area contributed by atoms with Crippen LogP contribution in [0.2, 0.25) is 0 Å². The second-order valence-corrected chi connectivity index (χ2v) is 7.22. The average molecular weight is 345 g/mol.